The van der Waals surface area contributed by atoms with Crippen LogP contribution in [0.2, 0.25) is 0 Å². The number of nitrogens with zero attached hydrogens (tertiary/aromatic N) is 1. The van der Waals surface area contributed by atoms with Gasteiger partial charge in [-0.25, -0.2) is 4.79 Å². The molecular formula is C7H9NO7S. The van der Waals surface area contributed by atoms with Gasteiger partial charge in [-0.1, -0.05) is 6.92 Å². The fourth-order valence-corrected chi connectivity index (χ4v) is 1.78. The van der Waals surface area contributed by atoms with Crippen LogP contribution in [0.4, 0.5) is 0 Å². The summed E-state index contributed by atoms with van der Waals surface area (Å²) in [5.74, 6) is -3.08. The van der Waals surface area contributed by atoms with Gasteiger partial charge in [-0.2, -0.15) is 8.42 Å². The second-order valence-corrected chi connectivity index (χ2v) is 4.65. The van der Waals surface area contributed by atoms with Crippen molar-refractivity contribution in [2.75, 3.05) is 0 Å². The molecule has 0 bridgehead atoms. The highest BCUT2D eigenvalue weighted by atomic mass is 32.2. The summed E-state index contributed by atoms with van der Waals surface area (Å²) >= 11 is 0. The van der Waals surface area contributed by atoms with Gasteiger partial charge >= 0.3 is 5.97 Å². The highest BCUT2D eigenvalue weighted by Crippen LogP contribution is 2.19. The normalized spacial score (nSPS) is 21.4. The van der Waals surface area contributed by atoms with Crippen molar-refractivity contribution in [2.24, 2.45) is 0 Å². The Labute approximate surface area is 90.9 Å². The van der Waals surface area contributed by atoms with Gasteiger partial charge in [-0.05, 0) is 0 Å². The van der Waals surface area contributed by atoms with Crippen molar-refractivity contribution in [2.45, 2.75) is 25.0 Å². The molecular weight excluding hydrogens is 243 g/mol. The minimum absolute atomic E-state index is 0.0737. The van der Waals surface area contributed by atoms with E-state index in [4.69, 9.17) is 4.55 Å². The molecule has 0 aromatic heterocycles. The monoisotopic (exact) mass is 252 g/mol. The molecule has 8 nitrogen and oxygen atoms in total. The van der Waals surface area contributed by atoms with E-state index in [0.29, 0.717) is 0 Å². The number of hydrogen-bond acceptors (Lipinski definition) is 6. The van der Waals surface area contributed by atoms with Gasteiger partial charge < -0.3 is 4.84 Å². The maximum atomic E-state index is 11.3. The first-order valence-corrected chi connectivity index (χ1v) is 5.81. The Morgan fingerprint density at radius 2 is 2.12 bits per heavy atom. The van der Waals surface area contributed by atoms with Crippen molar-refractivity contribution < 1.29 is 32.2 Å². The van der Waals surface area contributed by atoms with Crippen LogP contribution in [-0.2, 0) is 29.3 Å². The van der Waals surface area contributed by atoms with Crippen molar-refractivity contribution in [3.05, 3.63) is 0 Å². The van der Waals surface area contributed by atoms with Crippen molar-refractivity contribution >= 4 is 27.9 Å². The van der Waals surface area contributed by atoms with Gasteiger partial charge in [0.05, 0.1) is 6.42 Å². The topological polar surface area (TPSA) is 118 Å². The first kappa shape index (κ1) is 12.6. The van der Waals surface area contributed by atoms with Crippen LogP contribution < -0.4 is 0 Å². The Bertz CT molecular complexity index is 440. The molecule has 90 valence electrons. The molecule has 2 amide bonds. The lowest BCUT2D eigenvalue weighted by Gasteiger charge is -2.12. The zero-order chi connectivity index (χ0) is 12.5. The van der Waals surface area contributed by atoms with Gasteiger partial charge in [-0.3, -0.25) is 14.1 Å². The summed E-state index contributed by atoms with van der Waals surface area (Å²) in [6, 6.07) is 0. The summed E-state index contributed by atoms with van der Waals surface area (Å²) in [5.41, 5.74) is 0. The van der Waals surface area contributed by atoms with Crippen molar-refractivity contribution in [1.29, 1.82) is 0 Å². The zero-order valence-corrected chi connectivity index (χ0v) is 9.06. The summed E-state index contributed by atoms with van der Waals surface area (Å²) in [5, 5.41) is -1.81. The predicted molar refractivity (Wildman–Crippen MR) is 48.2 cm³/mol. The number of carbonyl (C=O) groups is 3. The third-order valence-electron chi connectivity index (χ3n) is 1.90. The number of carbonyl (C=O) groups excluding carboxylic acids is 3. The van der Waals surface area contributed by atoms with Crippen LogP contribution in [0.15, 0.2) is 0 Å². The van der Waals surface area contributed by atoms with E-state index < -0.39 is 39.6 Å². The molecule has 0 aliphatic carbocycles. The largest absolute Gasteiger partial charge is 0.332 e. The molecule has 16 heavy (non-hydrogen) atoms. The molecule has 1 fully saturated rings. The van der Waals surface area contributed by atoms with Gasteiger partial charge in [0.15, 0.2) is 5.25 Å². The number of rotatable bonds is 3. The third-order valence-corrected chi connectivity index (χ3v) is 2.99. The highest BCUT2D eigenvalue weighted by Gasteiger charge is 2.48. The quantitative estimate of drug-likeness (QED) is 0.383. The summed E-state index contributed by atoms with van der Waals surface area (Å²) in [6.45, 7) is 1.44. The molecule has 0 aromatic carbocycles. The van der Waals surface area contributed by atoms with Crippen LogP contribution >= 0.6 is 0 Å². The van der Waals surface area contributed by atoms with Crippen molar-refractivity contribution in [1.82, 2.24) is 5.06 Å². The lowest BCUT2D eigenvalue weighted by molar-refractivity contribution is -0.197. The number of hydroxylamine groups is 2. The van der Waals surface area contributed by atoms with E-state index in [1.807, 2.05) is 0 Å². The zero-order valence-electron chi connectivity index (χ0n) is 8.24. The third kappa shape index (κ3) is 2.36. The van der Waals surface area contributed by atoms with Crippen LogP contribution in [-0.4, -0.2) is 41.1 Å². The van der Waals surface area contributed by atoms with Crippen LogP contribution in [0.1, 0.15) is 19.8 Å². The molecule has 0 aromatic rings. The maximum absolute atomic E-state index is 11.3. The number of amides is 2. The molecule has 1 N–H and O–H groups in total. The molecule has 1 heterocycles. The highest BCUT2D eigenvalue weighted by molar-refractivity contribution is 7.87. The van der Waals surface area contributed by atoms with Gasteiger partial charge in [-0.15, -0.1) is 5.06 Å². The fraction of sp³-hybridized carbons (Fsp3) is 0.571. The first-order valence-electron chi connectivity index (χ1n) is 4.31. The summed E-state index contributed by atoms with van der Waals surface area (Å²) in [6.07, 6.45) is -0.803. The molecule has 1 atom stereocenters. The average Bonchev–Trinajstić information content (AvgIpc) is 2.44. The maximum Gasteiger partial charge on any atom is 0.332 e. The molecule has 1 aliphatic rings. The van der Waals surface area contributed by atoms with Crippen LogP contribution in [0.3, 0.4) is 0 Å². The fourth-order valence-electron chi connectivity index (χ4n) is 1.08. The van der Waals surface area contributed by atoms with Gasteiger partial charge in [0.25, 0.3) is 21.9 Å². The number of imide groups is 1. The van der Waals surface area contributed by atoms with Gasteiger partial charge in [0.1, 0.15) is 0 Å². The van der Waals surface area contributed by atoms with Crippen LogP contribution in [0.5, 0.6) is 0 Å². The second kappa shape index (κ2) is 4.18. The van der Waals surface area contributed by atoms with E-state index in [-0.39, 0.29) is 11.5 Å². The minimum Gasteiger partial charge on any atom is -0.330 e. The Kier molecular flexibility index (Phi) is 3.29. The van der Waals surface area contributed by atoms with E-state index >= 15 is 0 Å². The minimum atomic E-state index is -4.66. The SMILES string of the molecule is [13CH3]CC(=O)ON1C(=O)CC(S(=O)(=O)O)C1=O. The first-order chi connectivity index (χ1) is 7.27. The van der Waals surface area contributed by atoms with Gasteiger partial charge in [0, 0.05) is 6.42 Å². The smallest absolute Gasteiger partial charge is 0.330 e. The van der Waals surface area contributed by atoms with E-state index in [1.165, 1.54) is 6.92 Å². The summed E-state index contributed by atoms with van der Waals surface area (Å²) in [7, 11) is -4.66. The van der Waals surface area contributed by atoms with Crippen molar-refractivity contribution in [3.63, 3.8) is 0 Å². The van der Waals surface area contributed by atoms with Crippen molar-refractivity contribution in [3.8, 4) is 0 Å². The standard InChI is InChI=1S/C7H9NO7S/c1-2-6(10)15-8-5(9)3-4(7(8)11)16(12,13)14/h4H,2-3H2,1H3,(H,12,13,14)/i1+1. The number of hydrogen-bond donors (Lipinski definition) is 1. The van der Waals surface area contributed by atoms with Gasteiger partial charge in [0.2, 0.25) is 0 Å². The Balaban J connectivity index is 2.88. The molecule has 0 radical (unpaired) electrons. The summed E-state index contributed by atoms with van der Waals surface area (Å²) < 4.78 is 30.1. The molecule has 1 unspecified atom stereocenters. The van der Waals surface area contributed by atoms with E-state index in [2.05, 4.69) is 4.84 Å². The summed E-state index contributed by atoms with van der Waals surface area (Å²) in [4.78, 5) is 37.6. The van der Waals surface area contributed by atoms with E-state index in [1.54, 1.807) is 0 Å². The molecule has 0 spiro atoms. The van der Waals surface area contributed by atoms with E-state index in [9.17, 15) is 22.8 Å². The molecule has 1 rings (SSSR count). The lowest BCUT2D eigenvalue weighted by atomic mass is 10.4. The predicted octanol–water partition coefficient (Wildman–Crippen LogP) is -1.13. The van der Waals surface area contributed by atoms with Crippen LogP contribution in [0, 0.1) is 0 Å². The molecule has 1 aliphatic heterocycles. The Morgan fingerprint density at radius 1 is 1.56 bits per heavy atom. The Hall–Kier alpha value is -1.48. The molecule has 1 saturated heterocycles. The average molecular weight is 252 g/mol. The molecule has 0 saturated carbocycles. The van der Waals surface area contributed by atoms with Crippen LogP contribution in [0.25, 0.3) is 0 Å². The van der Waals surface area contributed by atoms with E-state index in [0.717, 1.165) is 0 Å². The lowest BCUT2D eigenvalue weighted by Crippen LogP contribution is -2.36. The Morgan fingerprint density at radius 3 is 2.50 bits per heavy atom. The second-order valence-electron chi connectivity index (χ2n) is 3.05. The molecule has 9 heteroatoms.